The molecule has 0 heterocycles. The van der Waals surface area contributed by atoms with Crippen LogP contribution in [0.5, 0.6) is 0 Å². The Hall–Kier alpha value is 0.970. The van der Waals surface area contributed by atoms with Gasteiger partial charge in [-0.1, -0.05) is 0 Å². The molecule has 1 amide bonds. The summed E-state index contributed by atoms with van der Waals surface area (Å²) in [5.74, 6) is 0. The molecule has 0 aromatic carbocycles. The Bertz CT molecular complexity index is 78.4. The SMILES string of the molecule is COC(=O)N(S)S.[NaH]. The number of ether oxygens (including phenoxy) is 1. The van der Waals surface area contributed by atoms with Crippen LogP contribution in [0.25, 0.3) is 0 Å². The topological polar surface area (TPSA) is 29.5 Å². The van der Waals surface area contributed by atoms with Gasteiger partial charge in [-0.25, -0.2) is 4.79 Å². The summed E-state index contributed by atoms with van der Waals surface area (Å²) in [6.45, 7) is 0. The Morgan fingerprint density at radius 3 is 2.00 bits per heavy atom. The molecule has 0 unspecified atom stereocenters. The molecule has 0 radical (unpaired) electrons. The van der Waals surface area contributed by atoms with Crippen LogP contribution < -0.4 is 0 Å². The molecule has 0 aliphatic heterocycles. The fourth-order valence-corrected chi connectivity index (χ4v) is 0.245. The third-order valence-electron chi connectivity index (χ3n) is 0.338. The zero-order chi connectivity index (χ0) is 5.86. The molecule has 0 bridgehead atoms. The molecule has 0 aliphatic rings. The average Bonchev–Trinajstić information content (AvgIpc) is 1.65. The van der Waals surface area contributed by atoms with Gasteiger partial charge in [0.25, 0.3) is 0 Å². The van der Waals surface area contributed by atoms with Crippen molar-refractivity contribution in [3.8, 4) is 0 Å². The van der Waals surface area contributed by atoms with Crippen molar-refractivity contribution in [2.75, 3.05) is 7.11 Å². The van der Waals surface area contributed by atoms with E-state index in [4.69, 9.17) is 0 Å². The Balaban J connectivity index is 0. The fourth-order valence-electron chi connectivity index (χ4n) is 0.0816. The van der Waals surface area contributed by atoms with Crippen molar-refractivity contribution < 1.29 is 9.53 Å². The molecule has 8 heavy (non-hydrogen) atoms. The molecule has 0 atom stereocenters. The van der Waals surface area contributed by atoms with E-state index in [2.05, 4.69) is 30.4 Å². The van der Waals surface area contributed by atoms with E-state index < -0.39 is 6.09 Å². The van der Waals surface area contributed by atoms with Gasteiger partial charge in [0.05, 0.1) is 7.11 Å². The zero-order valence-electron chi connectivity index (χ0n) is 3.66. The molecular weight excluding hydrogens is 157 g/mol. The van der Waals surface area contributed by atoms with Gasteiger partial charge >= 0.3 is 35.7 Å². The number of methoxy groups -OCH3 is 1. The van der Waals surface area contributed by atoms with E-state index in [0.29, 0.717) is 0 Å². The minimum atomic E-state index is -0.591. The second-order valence-corrected chi connectivity index (χ2v) is 1.88. The number of rotatable bonds is 0. The number of carbonyl (C=O) groups excluding carboxylic acids is 1. The molecule has 3 nitrogen and oxygen atoms in total. The van der Waals surface area contributed by atoms with Gasteiger partial charge in [-0.05, 0) is 25.6 Å². The van der Waals surface area contributed by atoms with E-state index in [0.717, 1.165) is 3.71 Å². The second kappa shape index (κ2) is 6.10. The van der Waals surface area contributed by atoms with E-state index in [1.165, 1.54) is 7.11 Å². The van der Waals surface area contributed by atoms with Crippen molar-refractivity contribution in [1.29, 1.82) is 0 Å². The summed E-state index contributed by atoms with van der Waals surface area (Å²) in [7, 11) is 1.25. The third-order valence-corrected chi connectivity index (χ3v) is 0.665. The van der Waals surface area contributed by atoms with Gasteiger partial charge in [-0.15, -0.1) is 0 Å². The molecular formula is C2H6NNaO2S2. The van der Waals surface area contributed by atoms with E-state index >= 15 is 0 Å². The average molecular weight is 163 g/mol. The van der Waals surface area contributed by atoms with Crippen LogP contribution in [0.15, 0.2) is 0 Å². The van der Waals surface area contributed by atoms with Gasteiger partial charge in [0.15, 0.2) is 0 Å². The first-order valence-corrected chi connectivity index (χ1v) is 2.24. The molecule has 44 valence electrons. The van der Waals surface area contributed by atoms with Crippen LogP contribution in [-0.2, 0) is 4.74 Å². The van der Waals surface area contributed by atoms with Crippen molar-refractivity contribution in [3.63, 3.8) is 0 Å². The fraction of sp³-hybridized carbons (Fsp3) is 0.500. The second-order valence-electron chi connectivity index (χ2n) is 0.759. The van der Waals surface area contributed by atoms with Crippen LogP contribution in [-0.4, -0.2) is 46.5 Å². The number of carbonyl (C=O) groups is 1. The maximum absolute atomic E-state index is 10.1. The predicted molar refractivity (Wildman–Crippen MR) is 39.4 cm³/mol. The first-order valence-electron chi connectivity index (χ1n) is 1.44. The molecule has 0 aliphatic carbocycles. The number of amides is 1. The molecule has 0 aromatic heterocycles. The molecule has 0 fully saturated rings. The van der Waals surface area contributed by atoms with Gasteiger partial charge in [0, 0.05) is 0 Å². The van der Waals surface area contributed by atoms with Crippen LogP contribution in [0.4, 0.5) is 4.79 Å². The van der Waals surface area contributed by atoms with Gasteiger partial charge in [0.1, 0.15) is 0 Å². The molecule has 0 spiro atoms. The molecule has 0 aromatic rings. The van der Waals surface area contributed by atoms with E-state index in [1.807, 2.05) is 0 Å². The number of nitrogens with zero attached hydrogens (tertiary/aromatic N) is 1. The van der Waals surface area contributed by atoms with Crippen molar-refractivity contribution in [2.24, 2.45) is 0 Å². The van der Waals surface area contributed by atoms with Crippen LogP contribution in [0.3, 0.4) is 0 Å². The number of hydrogen-bond acceptors (Lipinski definition) is 4. The van der Waals surface area contributed by atoms with E-state index in [1.54, 1.807) is 0 Å². The molecule has 0 saturated carbocycles. The predicted octanol–water partition coefficient (Wildman–Crippen LogP) is 0.0959. The molecule has 0 rings (SSSR count). The quantitative estimate of drug-likeness (QED) is 0.391. The summed E-state index contributed by atoms with van der Waals surface area (Å²) < 4.78 is 4.90. The third kappa shape index (κ3) is 5.11. The van der Waals surface area contributed by atoms with Crippen LogP contribution in [0, 0.1) is 0 Å². The van der Waals surface area contributed by atoms with Gasteiger partial charge in [-0.3, -0.25) is 0 Å². The molecule has 0 saturated heterocycles. The summed E-state index contributed by atoms with van der Waals surface area (Å²) in [4.78, 5) is 10.1. The van der Waals surface area contributed by atoms with Crippen molar-refractivity contribution in [3.05, 3.63) is 0 Å². The summed E-state index contributed by atoms with van der Waals surface area (Å²) in [6, 6.07) is 0. The maximum atomic E-state index is 10.1. The van der Waals surface area contributed by atoms with Crippen molar-refractivity contribution in [2.45, 2.75) is 0 Å². The van der Waals surface area contributed by atoms with Crippen molar-refractivity contribution >= 4 is 61.3 Å². The standard InChI is InChI=1S/C2H5NO2S2.Na.H/c1-5-2(4)3(6)7;;/h6-7H,1H3;;. The van der Waals surface area contributed by atoms with Gasteiger partial charge < -0.3 is 4.74 Å². The Morgan fingerprint density at radius 2 is 2.00 bits per heavy atom. The van der Waals surface area contributed by atoms with E-state index in [-0.39, 0.29) is 29.6 Å². The van der Waals surface area contributed by atoms with Gasteiger partial charge in [0.2, 0.25) is 0 Å². The van der Waals surface area contributed by atoms with E-state index in [9.17, 15) is 4.79 Å². The monoisotopic (exact) mass is 163 g/mol. The normalized spacial score (nSPS) is 6.88. The van der Waals surface area contributed by atoms with Crippen LogP contribution in [0.2, 0.25) is 0 Å². The first-order chi connectivity index (χ1) is 3.18. The number of thiol groups is 2. The minimum absolute atomic E-state index is 0. The summed E-state index contributed by atoms with van der Waals surface area (Å²) in [5, 5.41) is 0. The number of hydrogen-bond donors (Lipinski definition) is 2. The Kier molecular flexibility index (Phi) is 8.94. The van der Waals surface area contributed by atoms with Crippen LogP contribution in [0.1, 0.15) is 0 Å². The molecule has 6 heteroatoms. The van der Waals surface area contributed by atoms with Crippen LogP contribution >= 0.6 is 25.6 Å². The van der Waals surface area contributed by atoms with Gasteiger partial charge in [-0.2, -0.15) is 3.71 Å². The zero-order valence-corrected chi connectivity index (χ0v) is 5.45. The summed E-state index contributed by atoms with van der Waals surface area (Å²) >= 11 is 6.99. The van der Waals surface area contributed by atoms with Crippen molar-refractivity contribution in [1.82, 2.24) is 3.71 Å². The molecule has 0 N–H and O–H groups in total. The summed E-state index contributed by atoms with van der Waals surface area (Å²) in [6.07, 6.45) is -0.591. The first kappa shape index (κ1) is 11.7. The Morgan fingerprint density at radius 1 is 1.62 bits per heavy atom. The summed E-state index contributed by atoms with van der Waals surface area (Å²) in [5.41, 5.74) is 0. The Labute approximate surface area is 81.1 Å².